The van der Waals surface area contributed by atoms with Crippen LogP contribution in [0.5, 0.6) is 0 Å². The molecule has 0 radical (unpaired) electrons. The Morgan fingerprint density at radius 1 is 1.43 bits per heavy atom. The molecule has 1 aliphatic rings. The van der Waals surface area contributed by atoms with Gasteiger partial charge in [0.2, 0.25) is 5.91 Å². The molecule has 1 heterocycles. The molecule has 0 aliphatic carbocycles. The van der Waals surface area contributed by atoms with Gasteiger partial charge in [0.25, 0.3) is 0 Å². The van der Waals surface area contributed by atoms with Gasteiger partial charge in [0.05, 0.1) is 19.8 Å². The molecule has 0 aromatic heterocycles. The van der Waals surface area contributed by atoms with Crippen LogP contribution in [0.1, 0.15) is 24.0 Å². The summed E-state index contributed by atoms with van der Waals surface area (Å²) in [5, 5.41) is 12.2. The standard InChI is InChI=1S/C16H24N2O3/c1-21-12-14-6-3-2-5-13(14)9-17-16(20)10-18-8-4-7-15(18)11-19/h2-3,5-6,15,19H,4,7-12H2,1H3,(H,17,20)/t15-/m1/s1. The Hall–Kier alpha value is -1.43. The molecule has 2 N–H and O–H groups in total. The van der Waals surface area contributed by atoms with Gasteiger partial charge in [-0.1, -0.05) is 24.3 Å². The third-order valence-corrected chi connectivity index (χ3v) is 3.95. The number of methoxy groups -OCH3 is 1. The zero-order valence-electron chi connectivity index (χ0n) is 12.5. The SMILES string of the molecule is COCc1ccccc1CNC(=O)CN1CCC[C@@H]1CO. The number of ether oxygens (including phenoxy) is 1. The van der Waals surface area contributed by atoms with E-state index in [0.717, 1.165) is 30.5 Å². The van der Waals surface area contributed by atoms with E-state index in [2.05, 4.69) is 10.2 Å². The van der Waals surface area contributed by atoms with E-state index in [1.807, 2.05) is 24.3 Å². The maximum Gasteiger partial charge on any atom is 0.234 e. The average molecular weight is 292 g/mol. The molecule has 116 valence electrons. The summed E-state index contributed by atoms with van der Waals surface area (Å²) < 4.78 is 5.16. The lowest BCUT2D eigenvalue weighted by Crippen LogP contribution is -2.41. The van der Waals surface area contributed by atoms with Crippen molar-refractivity contribution in [1.29, 1.82) is 0 Å². The molecule has 5 nitrogen and oxygen atoms in total. The molecule has 0 unspecified atom stereocenters. The number of nitrogens with one attached hydrogen (secondary N) is 1. The zero-order chi connectivity index (χ0) is 15.1. The summed E-state index contributed by atoms with van der Waals surface area (Å²) in [5.74, 6) is 0.00238. The topological polar surface area (TPSA) is 61.8 Å². The van der Waals surface area contributed by atoms with Crippen LogP contribution in [0.2, 0.25) is 0 Å². The third-order valence-electron chi connectivity index (χ3n) is 3.95. The van der Waals surface area contributed by atoms with Crippen LogP contribution >= 0.6 is 0 Å². The molecule has 5 heteroatoms. The second kappa shape index (κ2) is 8.12. The van der Waals surface area contributed by atoms with E-state index < -0.39 is 0 Å². The van der Waals surface area contributed by atoms with Gasteiger partial charge in [-0.05, 0) is 30.5 Å². The summed E-state index contributed by atoms with van der Waals surface area (Å²) >= 11 is 0. The Morgan fingerprint density at radius 2 is 2.19 bits per heavy atom. The maximum atomic E-state index is 12.0. The number of rotatable bonds is 7. The highest BCUT2D eigenvalue weighted by atomic mass is 16.5. The summed E-state index contributed by atoms with van der Waals surface area (Å²) in [7, 11) is 1.66. The van der Waals surface area contributed by atoms with E-state index in [0.29, 0.717) is 19.7 Å². The Labute approximate surface area is 125 Å². The number of carbonyl (C=O) groups excluding carboxylic acids is 1. The number of benzene rings is 1. The summed E-state index contributed by atoms with van der Waals surface area (Å²) in [4.78, 5) is 14.1. The molecule has 1 saturated heterocycles. The predicted molar refractivity (Wildman–Crippen MR) is 80.7 cm³/mol. The number of carbonyl (C=O) groups is 1. The highest BCUT2D eigenvalue weighted by Gasteiger charge is 2.25. The number of amides is 1. The van der Waals surface area contributed by atoms with Crippen molar-refractivity contribution in [3.05, 3.63) is 35.4 Å². The minimum absolute atomic E-state index is 0.00238. The minimum atomic E-state index is 0.00238. The molecule has 21 heavy (non-hydrogen) atoms. The smallest absolute Gasteiger partial charge is 0.234 e. The van der Waals surface area contributed by atoms with Crippen LogP contribution in [-0.2, 0) is 22.7 Å². The normalized spacial score (nSPS) is 18.9. The first kappa shape index (κ1) is 15.9. The Morgan fingerprint density at radius 3 is 2.90 bits per heavy atom. The first-order chi connectivity index (χ1) is 10.2. The van der Waals surface area contributed by atoms with Gasteiger partial charge in [0, 0.05) is 19.7 Å². The first-order valence-electron chi connectivity index (χ1n) is 7.42. The van der Waals surface area contributed by atoms with E-state index in [4.69, 9.17) is 4.74 Å². The number of aliphatic hydroxyl groups excluding tert-OH is 1. The van der Waals surface area contributed by atoms with Crippen LogP contribution in [0.15, 0.2) is 24.3 Å². The largest absolute Gasteiger partial charge is 0.395 e. The second-order valence-corrected chi connectivity index (χ2v) is 5.43. The van der Waals surface area contributed by atoms with Crippen molar-refractivity contribution in [2.75, 3.05) is 26.8 Å². The fourth-order valence-corrected chi connectivity index (χ4v) is 2.77. The van der Waals surface area contributed by atoms with Gasteiger partial charge in [0.15, 0.2) is 0 Å². The number of likely N-dealkylation sites (tertiary alicyclic amines) is 1. The van der Waals surface area contributed by atoms with Gasteiger partial charge in [-0.3, -0.25) is 9.69 Å². The van der Waals surface area contributed by atoms with E-state index in [-0.39, 0.29) is 18.6 Å². The number of nitrogens with zero attached hydrogens (tertiary/aromatic N) is 1. The zero-order valence-corrected chi connectivity index (χ0v) is 12.5. The van der Waals surface area contributed by atoms with Crippen molar-refractivity contribution in [2.45, 2.75) is 32.0 Å². The molecule has 1 aromatic carbocycles. The summed E-state index contributed by atoms with van der Waals surface area (Å²) in [6.45, 7) is 2.43. The highest BCUT2D eigenvalue weighted by Crippen LogP contribution is 2.16. The van der Waals surface area contributed by atoms with Crippen LogP contribution in [0.25, 0.3) is 0 Å². The van der Waals surface area contributed by atoms with E-state index in [1.54, 1.807) is 7.11 Å². The highest BCUT2D eigenvalue weighted by molar-refractivity contribution is 5.78. The van der Waals surface area contributed by atoms with Crippen LogP contribution in [0.3, 0.4) is 0 Å². The monoisotopic (exact) mass is 292 g/mol. The Balaban J connectivity index is 1.84. The summed E-state index contributed by atoms with van der Waals surface area (Å²) in [6, 6.07) is 8.07. The lowest BCUT2D eigenvalue weighted by molar-refractivity contribution is -0.122. The molecule has 0 saturated carbocycles. The molecule has 2 rings (SSSR count). The van der Waals surface area contributed by atoms with Crippen molar-refractivity contribution in [3.63, 3.8) is 0 Å². The molecular formula is C16H24N2O3. The van der Waals surface area contributed by atoms with Gasteiger partial charge in [-0.2, -0.15) is 0 Å². The van der Waals surface area contributed by atoms with Crippen LogP contribution in [-0.4, -0.2) is 48.8 Å². The minimum Gasteiger partial charge on any atom is -0.395 e. The van der Waals surface area contributed by atoms with Crippen molar-refractivity contribution in [2.24, 2.45) is 0 Å². The van der Waals surface area contributed by atoms with Gasteiger partial charge >= 0.3 is 0 Å². The second-order valence-electron chi connectivity index (χ2n) is 5.43. The van der Waals surface area contributed by atoms with Crippen molar-refractivity contribution >= 4 is 5.91 Å². The van der Waals surface area contributed by atoms with Crippen molar-refractivity contribution < 1.29 is 14.6 Å². The van der Waals surface area contributed by atoms with Gasteiger partial charge < -0.3 is 15.2 Å². The van der Waals surface area contributed by atoms with Gasteiger partial charge in [-0.15, -0.1) is 0 Å². The summed E-state index contributed by atoms with van der Waals surface area (Å²) in [6.07, 6.45) is 2.02. The first-order valence-corrected chi connectivity index (χ1v) is 7.42. The van der Waals surface area contributed by atoms with E-state index in [1.165, 1.54) is 0 Å². The fraction of sp³-hybridized carbons (Fsp3) is 0.562. The lowest BCUT2D eigenvalue weighted by atomic mass is 10.1. The van der Waals surface area contributed by atoms with Gasteiger partial charge in [0.1, 0.15) is 0 Å². The molecule has 1 fully saturated rings. The van der Waals surface area contributed by atoms with Crippen molar-refractivity contribution in [3.8, 4) is 0 Å². The molecule has 0 spiro atoms. The molecule has 0 bridgehead atoms. The van der Waals surface area contributed by atoms with E-state index in [9.17, 15) is 9.90 Å². The molecule has 1 atom stereocenters. The quantitative estimate of drug-likeness (QED) is 0.784. The van der Waals surface area contributed by atoms with E-state index >= 15 is 0 Å². The molecule has 1 aromatic rings. The van der Waals surface area contributed by atoms with Crippen molar-refractivity contribution in [1.82, 2.24) is 10.2 Å². The lowest BCUT2D eigenvalue weighted by Gasteiger charge is -2.22. The number of aliphatic hydroxyl groups is 1. The average Bonchev–Trinajstić information content (AvgIpc) is 2.94. The predicted octanol–water partition coefficient (Wildman–Crippen LogP) is 0.906. The van der Waals surface area contributed by atoms with Crippen LogP contribution in [0, 0.1) is 0 Å². The van der Waals surface area contributed by atoms with Crippen LogP contribution < -0.4 is 5.32 Å². The van der Waals surface area contributed by atoms with Crippen LogP contribution in [0.4, 0.5) is 0 Å². The Kier molecular flexibility index (Phi) is 6.17. The number of hydrogen-bond acceptors (Lipinski definition) is 4. The maximum absolute atomic E-state index is 12.0. The Bertz CT molecular complexity index is 465. The molecule has 1 amide bonds. The molecular weight excluding hydrogens is 268 g/mol. The molecule has 1 aliphatic heterocycles. The summed E-state index contributed by atoms with van der Waals surface area (Å²) in [5.41, 5.74) is 2.17. The third kappa shape index (κ3) is 4.52. The number of hydrogen-bond donors (Lipinski definition) is 2. The van der Waals surface area contributed by atoms with Gasteiger partial charge in [-0.25, -0.2) is 0 Å². The fourth-order valence-electron chi connectivity index (χ4n) is 2.77.